The molecule has 0 fully saturated rings. The minimum Gasteiger partial charge on any atom is -0.267 e. The summed E-state index contributed by atoms with van der Waals surface area (Å²) in [6.07, 6.45) is 1.52. The summed E-state index contributed by atoms with van der Waals surface area (Å²) in [6.45, 7) is 1.89. The second-order valence-corrected chi connectivity index (χ2v) is 11.4. The normalized spacial score (nSPS) is 11.4. The van der Waals surface area contributed by atoms with Gasteiger partial charge in [-0.3, -0.25) is 9.10 Å². The van der Waals surface area contributed by atoms with E-state index in [1.165, 1.54) is 10.5 Å². The van der Waals surface area contributed by atoms with Crippen molar-refractivity contribution in [3.8, 4) is 0 Å². The molecule has 0 aliphatic heterocycles. The minimum absolute atomic E-state index is 0.000166. The smallest absolute Gasteiger partial charge is 0.267 e. The minimum atomic E-state index is -4.03. The summed E-state index contributed by atoms with van der Waals surface area (Å²) < 4.78 is 29.9. The van der Waals surface area contributed by atoms with Crippen LogP contribution in [-0.4, -0.2) is 20.5 Å². The number of para-hydroxylation sites is 1. The highest BCUT2D eigenvalue weighted by Gasteiger charge is 2.28. The predicted octanol–water partition coefficient (Wildman–Crippen LogP) is 6.57. The Labute approximate surface area is 229 Å². The molecule has 1 amide bonds. The number of carbonyl (C=O) groups excluding carboxylic acids is 1. The zero-order valence-corrected chi connectivity index (χ0v) is 23.0. The summed E-state index contributed by atoms with van der Waals surface area (Å²) in [4.78, 5) is 13.3. The quantitative estimate of drug-likeness (QED) is 0.185. The molecule has 0 aromatic heterocycles. The van der Waals surface area contributed by atoms with Crippen LogP contribution in [0.25, 0.3) is 0 Å². The number of aryl methyl sites for hydroxylation is 1. The number of halogens is 2. The molecule has 6 nitrogen and oxygen atoms in total. The van der Waals surface area contributed by atoms with Crippen LogP contribution in [0.4, 0.5) is 5.69 Å². The number of nitrogens with zero attached hydrogens (tertiary/aromatic N) is 2. The van der Waals surface area contributed by atoms with E-state index in [4.69, 9.17) is 11.6 Å². The summed E-state index contributed by atoms with van der Waals surface area (Å²) in [5, 5.41) is 4.59. The van der Waals surface area contributed by atoms with Gasteiger partial charge in [0.15, 0.2) is 0 Å². The highest BCUT2D eigenvalue weighted by Crippen LogP contribution is 2.30. The third kappa shape index (κ3) is 6.65. The maximum atomic E-state index is 13.9. The zero-order chi connectivity index (χ0) is 26.4. The number of hydrogen-bond acceptors (Lipinski definition) is 4. The van der Waals surface area contributed by atoms with Crippen LogP contribution in [0.15, 0.2) is 112 Å². The first-order valence-electron chi connectivity index (χ1n) is 11.3. The molecule has 1 N–H and O–H groups in total. The molecular weight excluding hydrogens is 574 g/mol. The summed E-state index contributed by atoms with van der Waals surface area (Å²) in [5.74, 6) is -0.538. The molecule has 0 saturated heterocycles. The fourth-order valence-corrected chi connectivity index (χ4v) is 5.41. The third-order valence-electron chi connectivity index (χ3n) is 5.52. The molecular formula is C28H23BrClN3O3S. The lowest BCUT2D eigenvalue weighted by atomic mass is 10.1. The number of sulfonamides is 1. The van der Waals surface area contributed by atoms with Gasteiger partial charge in [-0.1, -0.05) is 81.6 Å². The molecule has 0 saturated carbocycles. The molecule has 4 aromatic rings. The summed E-state index contributed by atoms with van der Waals surface area (Å²) >= 11 is 9.41. The second kappa shape index (κ2) is 11.7. The van der Waals surface area contributed by atoms with Crippen LogP contribution in [0.3, 0.4) is 0 Å². The van der Waals surface area contributed by atoms with Crippen molar-refractivity contribution in [2.24, 2.45) is 5.10 Å². The van der Waals surface area contributed by atoms with E-state index in [0.717, 1.165) is 15.6 Å². The molecule has 9 heteroatoms. The van der Waals surface area contributed by atoms with Crippen molar-refractivity contribution in [1.82, 2.24) is 5.43 Å². The van der Waals surface area contributed by atoms with Crippen LogP contribution < -0.4 is 9.73 Å². The molecule has 37 heavy (non-hydrogen) atoms. The van der Waals surface area contributed by atoms with Gasteiger partial charge >= 0.3 is 0 Å². The van der Waals surface area contributed by atoms with Crippen LogP contribution in [0.1, 0.15) is 27.0 Å². The highest BCUT2D eigenvalue weighted by atomic mass is 79.9. The molecule has 0 unspecified atom stereocenters. The number of benzene rings is 4. The van der Waals surface area contributed by atoms with E-state index in [9.17, 15) is 13.2 Å². The molecule has 0 spiro atoms. The number of rotatable bonds is 8. The molecule has 0 bridgehead atoms. The van der Waals surface area contributed by atoms with Gasteiger partial charge < -0.3 is 0 Å². The van der Waals surface area contributed by atoms with E-state index in [-0.39, 0.29) is 22.7 Å². The van der Waals surface area contributed by atoms with E-state index in [1.807, 2.05) is 31.2 Å². The van der Waals surface area contributed by atoms with E-state index in [0.29, 0.717) is 10.6 Å². The standard InChI is InChI=1S/C28H23BrClN3O3S/c1-20-6-16-25(17-7-20)37(35,36)33(19-22-10-14-24(30)15-11-22)27-5-3-2-4-26(27)28(34)32-31-18-21-8-12-23(29)13-9-21/h2-18H,19H2,1H3,(H,32,34)/b31-18+. The van der Waals surface area contributed by atoms with Gasteiger partial charge in [0.2, 0.25) is 0 Å². The van der Waals surface area contributed by atoms with Crippen molar-refractivity contribution in [3.63, 3.8) is 0 Å². The Morgan fingerprint density at radius 3 is 2.27 bits per heavy atom. The largest absolute Gasteiger partial charge is 0.273 e. The molecule has 0 aliphatic rings. The monoisotopic (exact) mass is 595 g/mol. The Balaban J connectivity index is 1.70. The lowest BCUT2D eigenvalue weighted by molar-refractivity contribution is 0.0955. The molecule has 4 aromatic carbocycles. The van der Waals surface area contributed by atoms with Crippen LogP contribution in [0, 0.1) is 6.92 Å². The van der Waals surface area contributed by atoms with Crippen molar-refractivity contribution >= 4 is 55.4 Å². The van der Waals surface area contributed by atoms with Gasteiger partial charge in [-0.05, 0) is 66.6 Å². The predicted molar refractivity (Wildman–Crippen MR) is 152 cm³/mol. The van der Waals surface area contributed by atoms with Crippen LogP contribution in [0.2, 0.25) is 5.02 Å². The highest BCUT2D eigenvalue weighted by molar-refractivity contribution is 9.10. The van der Waals surface area contributed by atoms with Crippen molar-refractivity contribution in [1.29, 1.82) is 0 Å². The maximum Gasteiger partial charge on any atom is 0.273 e. The van der Waals surface area contributed by atoms with E-state index in [1.54, 1.807) is 72.8 Å². The lowest BCUT2D eigenvalue weighted by Crippen LogP contribution is -2.33. The number of hydrazone groups is 1. The van der Waals surface area contributed by atoms with Crippen molar-refractivity contribution in [3.05, 3.63) is 129 Å². The second-order valence-electron chi connectivity index (χ2n) is 8.22. The first-order chi connectivity index (χ1) is 17.7. The number of amides is 1. The number of hydrogen-bond donors (Lipinski definition) is 1. The Morgan fingerprint density at radius 2 is 1.59 bits per heavy atom. The van der Waals surface area contributed by atoms with Gasteiger partial charge in [0.25, 0.3) is 15.9 Å². The fraction of sp³-hybridized carbons (Fsp3) is 0.0714. The summed E-state index contributed by atoms with van der Waals surface area (Å²) in [5.41, 5.74) is 5.35. The summed E-state index contributed by atoms with van der Waals surface area (Å²) in [7, 11) is -4.03. The molecule has 4 rings (SSSR count). The van der Waals surface area contributed by atoms with E-state index >= 15 is 0 Å². The van der Waals surface area contributed by atoms with Crippen molar-refractivity contribution < 1.29 is 13.2 Å². The van der Waals surface area contributed by atoms with E-state index < -0.39 is 15.9 Å². The van der Waals surface area contributed by atoms with Gasteiger partial charge in [-0.2, -0.15) is 5.10 Å². The Kier molecular flexibility index (Phi) is 8.43. The Bertz CT molecular complexity index is 1520. The Morgan fingerprint density at radius 1 is 0.946 bits per heavy atom. The van der Waals surface area contributed by atoms with Crippen molar-refractivity contribution in [2.75, 3.05) is 4.31 Å². The van der Waals surface area contributed by atoms with Gasteiger partial charge in [0, 0.05) is 9.50 Å². The number of anilines is 1. The first kappa shape index (κ1) is 26.6. The average Bonchev–Trinajstić information content (AvgIpc) is 2.89. The number of carbonyl (C=O) groups is 1. The Hall–Kier alpha value is -3.46. The lowest BCUT2D eigenvalue weighted by Gasteiger charge is -2.26. The number of nitrogens with one attached hydrogen (secondary N) is 1. The van der Waals surface area contributed by atoms with Crippen LogP contribution >= 0.6 is 27.5 Å². The molecule has 0 heterocycles. The van der Waals surface area contributed by atoms with Crippen LogP contribution in [0.5, 0.6) is 0 Å². The van der Waals surface area contributed by atoms with Crippen molar-refractivity contribution in [2.45, 2.75) is 18.4 Å². The fourth-order valence-electron chi connectivity index (χ4n) is 3.55. The zero-order valence-electron chi connectivity index (χ0n) is 19.8. The SMILES string of the molecule is Cc1ccc(S(=O)(=O)N(Cc2ccc(Cl)cc2)c2ccccc2C(=O)N/N=C/c2ccc(Br)cc2)cc1. The maximum absolute atomic E-state index is 13.9. The summed E-state index contributed by atoms with van der Waals surface area (Å²) in [6, 6.07) is 27.5. The molecule has 0 aliphatic carbocycles. The molecule has 188 valence electrons. The average molecular weight is 597 g/mol. The third-order valence-corrected chi connectivity index (χ3v) is 8.07. The van der Waals surface area contributed by atoms with Gasteiger partial charge in [-0.25, -0.2) is 13.8 Å². The molecule has 0 atom stereocenters. The van der Waals surface area contributed by atoms with Crippen LogP contribution in [-0.2, 0) is 16.6 Å². The van der Waals surface area contributed by atoms with Gasteiger partial charge in [-0.15, -0.1) is 0 Å². The molecule has 0 radical (unpaired) electrons. The van der Waals surface area contributed by atoms with Gasteiger partial charge in [0.1, 0.15) is 0 Å². The topological polar surface area (TPSA) is 78.8 Å². The van der Waals surface area contributed by atoms with Gasteiger partial charge in [0.05, 0.1) is 28.9 Å². The van der Waals surface area contributed by atoms with E-state index in [2.05, 4.69) is 26.5 Å². The first-order valence-corrected chi connectivity index (χ1v) is 13.9.